The third-order valence-electron chi connectivity index (χ3n) is 14.1. The van der Waals surface area contributed by atoms with Crippen LogP contribution in [-0.4, -0.2) is 69.4 Å². The van der Waals surface area contributed by atoms with E-state index in [2.05, 4.69) is 99.0 Å². The molecule has 0 aromatic rings. The third kappa shape index (κ3) is 57.9. The van der Waals surface area contributed by atoms with E-state index in [9.17, 15) is 19.0 Å². The Hall–Kier alpha value is -2.81. The molecule has 9 nitrogen and oxygen atoms in total. The fraction of sp³-hybridized carbons (Fsp3) is 0.765. The highest BCUT2D eigenvalue weighted by Crippen LogP contribution is 2.38. The lowest BCUT2D eigenvalue weighted by molar-refractivity contribution is -0.870. The summed E-state index contributed by atoms with van der Waals surface area (Å²) in [7, 11) is 1.17. The highest BCUT2D eigenvalue weighted by Gasteiger charge is 2.27. The number of likely N-dealkylation sites (N-methyl/N-ethyl adjacent to an activating group) is 1. The van der Waals surface area contributed by atoms with Crippen LogP contribution in [0.4, 0.5) is 0 Å². The van der Waals surface area contributed by atoms with Gasteiger partial charge >= 0.3 is 5.97 Å². The van der Waals surface area contributed by atoms with Crippen molar-refractivity contribution in [2.24, 2.45) is 0 Å². The normalized spacial score (nSPS) is 14.2. The molecule has 0 aromatic carbocycles. The Bertz CT molecular complexity index is 1610. The Morgan fingerprint density at radius 2 is 0.821 bits per heavy atom. The van der Waals surface area contributed by atoms with Crippen LogP contribution < -0.4 is 10.2 Å². The number of carbonyl (C=O) groups excluding carboxylic acids is 2. The molecule has 0 saturated carbocycles. The number of hydrogen-bond donors (Lipinski definition) is 1. The minimum absolute atomic E-state index is 0.0275. The predicted octanol–water partition coefficient (Wildman–Crippen LogP) is 19.5. The average Bonchev–Trinajstić information content (AvgIpc) is 3.41. The molecule has 0 aliphatic rings. The van der Waals surface area contributed by atoms with Crippen LogP contribution in [-0.2, 0) is 27.9 Å². The summed E-state index contributed by atoms with van der Waals surface area (Å²) in [6, 6.07) is -0.898. The molecule has 0 heterocycles. The van der Waals surface area contributed by atoms with E-state index in [1.165, 1.54) is 135 Å². The van der Waals surface area contributed by atoms with Crippen LogP contribution in [0.25, 0.3) is 0 Å². The van der Waals surface area contributed by atoms with Crippen LogP contribution in [0, 0.1) is 0 Å². The minimum Gasteiger partial charge on any atom is -0.756 e. The molecule has 0 aliphatic carbocycles. The zero-order chi connectivity index (χ0) is 57.2. The van der Waals surface area contributed by atoms with Crippen molar-refractivity contribution >= 4 is 19.7 Å². The molecule has 3 atom stereocenters. The minimum atomic E-state index is -4.70. The van der Waals surface area contributed by atoms with Crippen LogP contribution >= 0.6 is 7.82 Å². The van der Waals surface area contributed by atoms with Gasteiger partial charge in [-0.2, -0.15) is 0 Å². The summed E-state index contributed by atoms with van der Waals surface area (Å²) in [6.07, 6.45) is 75.6. The first-order valence-corrected chi connectivity index (χ1v) is 33.9. The van der Waals surface area contributed by atoms with Crippen molar-refractivity contribution in [3.63, 3.8) is 0 Å². The molecule has 0 rings (SSSR count). The molecule has 0 saturated heterocycles. The van der Waals surface area contributed by atoms with Crippen molar-refractivity contribution in [1.29, 1.82) is 0 Å². The lowest BCUT2D eigenvalue weighted by atomic mass is 10.0. The quantitative estimate of drug-likeness (QED) is 0.0212. The number of amides is 1. The second-order valence-electron chi connectivity index (χ2n) is 22.9. The lowest BCUT2D eigenvalue weighted by Crippen LogP contribution is -2.47. The molecule has 78 heavy (non-hydrogen) atoms. The summed E-state index contributed by atoms with van der Waals surface area (Å²) in [5.74, 6) is -0.562. The Balaban J connectivity index is 5.06. The number of allylic oxidation sites excluding steroid dienone is 13. The summed E-state index contributed by atoms with van der Waals surface area (Å²) in [6.45, 7) is 6.71. The molecule has 0 fully saturated rings. The molecule has 0 radical (unpaired) electrons. The molecule has 3 unspecified atom stereocenters. The second-order valence-corrected chi connectivity index (χ2v) is 24.3. The molecular formula is C68H123N2O7P. The highest BCUT2D eigenvalue weighted by molar-refractivity contribution is 7.45. The van der Waals surface area contributed by atoms with Crippen molar-refractivity contribution in [2.45, 2.75) is 296 Å². The van der Waals surface area contributed by atoms with E-state index < -0.39 is 26.6 Å². The number of hydrogen-bond acceptors (Lipinski definition) is 7. The first kappa shape index (κ1) is 75.2. The van der Waals surface area contributed by atoms with E-state index in [1.807, 2.05) is 33.3 Å². The van der Waals surface area contributed by atoms with Gasteiger partial charge < -0.3 is 28.5 Å². The molecular weight excluding hydrogens is 988 g/mol. The van der Waals surface area contributed by atoms with E-state index >= 15 is 0 Å². The number of unbranched alkanes of at least 4 members (excludes halogenated alkanes) is 30. The van der Waals surface area contributed by atoms with Crippen molar-refractivity contribution < 1.29 is 37.3 Å². The maximum Gasteiger partial charge on any atom is 0.306 e. The van der Waals surface area contributed by atoms with Gasteiger partial charge in [-0.25, -0.2) is 0 Å². The van der Waals surface area contributed by atoms with Gasteiger partial charge in [-0.15, -0.1) is 0 Å². The van der Waals surface area contributed by atoms with Gasteiger partial charge in [-0.05, 0) is 102 Å². The van der Waals surface area contributed by atoms with Crippen LogP contribution in [0.1, 0.15) is 284 Å². The Labute approximate surface area is 482 Å². The summed E-state index contributed by atoms with van der Waals surface area (Å²) in [5.41, 5.74) is 0. The second kappa shape index (κ2) is 57.4. The fourth-order valence-electron chi connectivity index (χ4n) is 9.07. The van der Waals surface area contributed by atoms with Crippen molar-refractivity contribution in [2.75, 3.05) is 40.9 Å². The monoisotopic (exact) mass is 1110 g/mol. The molecule has 0 spiro atoms. The van der Waals surface area contributed by atoms with Crippen LogP contribution in [0.5, 0.6) is 0 Å². The number of ether oxygens (including phenoxy) is 1. The maximum atomic E-state index is 13.5. The van der Waals surface area contributed by atoms with E-state index in [-0.39, 0.29) is 24.9 Å². The van der Waals surface area contributed by atoms with E-state index in [0.717, 1.165) is 109 Å². The molecule has 1 amide bonds. The fourth-order valence-corrected chi connectivity index (χ4v) is 9.80. The standard InChI is InChI=1S/C68H123N2O7P/c1-7-10-13-16-19-22-25-27-29-30-31-32-33-34-35-36-37-38-39-40-41-42-45-48-51-54-57-60-67(71)69-65(64-76-78(73,74)75-63-62-70(4,5)6)66(59-56-53-50-47-44-24-21-18-15-12-9-3)77-68(72)61-58-55-52-49-46-43-28-26-23-20-17-14-11-8-2/h10,13,19,22,27,29,31-32,34-35,43,46,56,59,65-66H,7-9,11-12,14-18,20-21,23-26,28,30,33,36-42,44-45,47-55,57-58,60-64H2,1-6H3,(H-,69,71,73,74)/b13-10-,22-19-,29-27-,32-31-,35-34-,46-43-,59-56-. The van der Waals surface area contributed by atoms with Crippen molar-refractivity contribution in [3.05, 3.63) is 85.1 Å². The first-order chi connectivity index (χ1) is 37.9. The molecule has 0 aliphatic heterocycles. The van der Waals surface area contributed by atoms with E-state index in [1.54, 1.807) is 0 Å². The Morgan fingerprint density at radius 1 is 0.462 bits per heavy atom. The highest BCUT2D eigenvalue weighted by atomic mass is 31.2. The lowest BCUT2D eigenvalue weighted by Gasteiger charge is -2.30. The van der Waals surface area contributed by atoms with E-state index in [0.29, 0.717) is 23.9 Å². The third-order valence-corrected chi connectivity index (χ3v) is 15.0. The van der Waals surface area contributed by atoms with Gasteiger partial charge in [0, 0.05) is 12.8 Å². The molecule has 1 N–H and O–H groups in total. The van der Waals surface area contributed by atoms with Gasteiger partial charge in [-0.1, -0.05) is 254 Å². The number of quaternary nitrogens is 1. The summed E-state index contributed by atoms with van der Waals surface area (Å²) in [5, 5.41) is 3.03. The number of carbonyl (C=O) groups is 2. The summed E-state index contributed by atoms with van der Waals surface area (Å²) < 4.78 is 30.3. The predicted molar refractivity (Wildman–Crippen MR) is 335 cm³/mol. The smallest absolute Gasteiger partial charge is 0.306 e. The summed E-state index contributed by atoms with van der Waals surface area (Å²) >= 11 is 0. The number of nitrogens with zero attached hydrogens (tertiary/aromatic N) is 1. The van der Waals surface area contributed by atoms with Crippen LogP contribution in [0.2, 0.25) is 0 Å². The van der Waals surface area contributed by atoms with Gasteiger partial charge in [0.25, 0.3) is 7.82 Å². The Morgan fingerprint density at radius 3 is 1.26 bits per heavy atom. The first-order valence-electron chi connectivity index (χ1n) is 32.4. The number of nitrogens with one attached hydrogen (secondary N) is 1. The molecule has 10 heteroatoms. The van der Waals surface area contributed by atoms with Gasteiger partial charge in [0.05, 0.1) is 33.8 Å². The summed E-state index contributed by atoms with van der Waals surface area (Å²) in [4.78, 5) is 40.0. The number of rotatable bonds is 58. The molecule has 452 valence electrons. The zero-order valence-electron chi connectivity index (χ0n) is 51.6. The molecule has 0 bridgehead atoms. The maximum absolute atomic E-state index is 13.5. The SMILES string of the molecule is CC/C=C\C/C=C\C/C=C\C/C=C\C/C=C\CCCCCCCCCCCCCC(=O)NC(COP(=O)([O-])OCC[N+](C)(C)C)C(/C=C\CCCCCCCCCCC)OC(=O)CCCCC/C=C\CCCCCCCCC. The van der Waals surface area contributed by atoms with Gasteiger partial charge in [-0.3, -0.25) is 14.2 Å². The number of phosphoric ester groups is 1. The van der Waals surface area contributed by atoms with Crippen molar-refractivity contribution in [3.8, 4) is 0 Å². The number of esters is 1. The van der Waals surface area contributed by atoms with Gasteiger partial charge in [0.15, 0.2) is 0 Å². The van der Waals surface area contributed by atoms with Gasteiger partial charge in [0.2, 0.25) is 5.91 Å². The van der Waals surface area contributed by atoms with E-state index in [4.69, 9.17) is 13.8 Å². The largest absolute Gasteiger partial charge is 0.756 e. The van der Waals surface area contributed by atoms with Crippen LogP contribution in [0.15, 0.2) is 85.1 Å². The Kier molecular flexibility index (Phi) is 55.4. The number of phosphoric acid groups is 1. The molecule has 0 aromatic heterocycles. The average molecular weight is 1110 g/mol. The topological polar surface area (TPSA) is 114 Å². The van der Waals surface area contributed by atoms with Crippen LogP contribution in [0.3, 0.4) is 0 Å². The van der Waals surface area contributed by atoms with Crippen molar-refractivity contribution in [1.82, 2.24) is 5.32 Å². The zero-order valence-corrected chi connectivity index (χ0v) is 52.5. The van der Waals surface area contributed by atoms with Gasteiger partial charge in [0.1, 0.15) is 19.3 Å².